The highest BCUT2D eigenvalue weighted by Crippen LogP contribution is 2.30. The van der Waals surface area contributed by atoms with Gasteiger partial charge in [-0.15, -0.1) is 0 Å². The maximum Gasteiger partial charge on any atom is 0.250 e. The zero-order valence-electron chi connectivity index (χ0n) is 11.3. The van der Waals surface area contributed by atoms with Crippen molar-refractivity contribution in [3.8, 4) is 0 Å². The van der Waals surface area contributed by atoms with Gasteiger partial charge < -0.3 is 5.32 Å². The predicted molar refractivity (Wildman–Crippen MR) is 80.8 cm³/mol. The molecule has 5 nitrogen and oxygen atoms in total. The Labute approximate surface area is 122 Å². The number of anilines is 2. The van der Waals surface area contributed by atoms with Crippen LogP contribution >= 0.6 is 0 Å². The molecular formula is C16H15N3O2. The van der Waals surface area contributed by atoms with Crippen molar-refractivity contribution in [1.82, 2.24) is 5.43 Å². The Kier molecular flexibility index (Phi) is 3.66. The minimum Gasteiger partial charge on any atom is -0.328 e. The number of para-hydroxylation sites is 2. The van der Waals surface area contributed by atoms with E-state index < -0.39 is 0 Å². The van der Waals surface area contributed by atoms with Gasteiger partial charge in [-0.2, -0.15) is 0 Å². The highest BCUT2D eigenvalue weighted by atomic mass is 16.2. The van der Waals surface area contributed by atoms with Crippen molar-refractivity contribution in [2.24, 2.45) is 0 Å². The van der Waals surface area contributed by atoms with Crippen molar-refractivity contribution in [3.63, 3.8) is 0 Å². The number of rotatable bonds is 4. The van der Waals surface area contributed by atoms with Crippen LogP contribution < -0.4 is 15.8 Å². The van der Waals surface area contributed by atoms with E-state index >= 15 is 0 Å². The topological polar surface area (TPSA) is 61.4 Å². The molecule has 1 atom stereocenters. The zero-order chi connectivity index (χ0) is 14.7. The molecule has 3 rings (SSSR count). The van der Waals surface area contributed by atoms with E-state index in [1.54, 1.807) is 11.1 Å². The first-order valence-electron chi connectivity index (χ1n) is 6.73. The first-order chi connectivity index (χ1) is 10.3. The summed E-state index contributed by atoms with van der Waals surface area (Å²) in [6.45, 7) is 0.505. The van der Waals surface area contributed by atoms with E-state index in [2.05, 4.69) is 10.7 Å². The molecule has 1 unspecified atom stereocenters. The summed E-state index contributed by atoms with van der Waals surface area (Å²) in [6.07, 6.45) is 0.626. The van der Waals surface area contributed by atoms with E-state index in [-0.39, 0.29) is 11.8 Å². The van der Waals surface area contributed by atoms with Crippen molar-refractivity contribution in [2.75, 3.05) is 16.9 Å². The van der Waals surface area contributed by atoms with E-state index in [1.165, 1.54) is 0 Å². The third kappa shape index (κ3) is 2.51. The number of carbonyl (C=O) groups is 2. The standard InChI is InChI=1S/C16H15N3O2/c20-11-17-15-9-5-4-8-13(15)14-10-18-19(16(14)21)12-6-2-1-3-7-12/h1-9,11,14,18H,10H2,(H,17,20). The van der Waals surface area contributed by atoms with Crippen LogP contribution in [-0.4, -0.2) is 18.9 Å². The molecule has 0 aliphatic carbocycles. The Hall–Kier alpha value is -2.66. The molecule has 1 heterocycles. The lowest BCUT2D eigenvalue weighted by Crippen LogP contribution is -2.34. The molecular weight excluding hydrogens is 266 g/mol. The van der Waals surface area contributed by atoms with Gasteiger partial charge in [-0.05, 0) is 23.8 Å². The summed E-state index contributed by atoms with van der Waals surface area (Å²) in [5.74, 6) is -0.338. The van der Waals surface area contributed by atoms with Gasteiger partial charge >= 0.3 is 0 Å². The van der Waals surface area contributed by atoms with Gasteiger partial charge in [-0.1, -0.05) is 36.4 Å². The van der Waals surface area contributed by atoms with Crippen molar-refractivity contribution >= 4 is 23.7 Å². The van der Waals surface area contributed by atoms with Crippen molar-refractivity contribution in [1.29, 1.82) is 0 Å². The Morgan fingerprint density at radius 1 is 1.10 bits per heavy atom. The summed E-state index contributed by atoms with van der Waals surface area (Å²) in [7, 11) is 0. The summed E-state index contributed by atoms with van der Waals surface area (Å²) in [4.78, 5) is 23.3. The first-order valence-corrected chi connectivity index (χ1v) is 6.73. The highest BCUT2D eigenvalue weighted by molar-refractivity contribution is 6.00. The summed E-state index contributed by atoms with van der Waals surface area (Å²) in [5.41, 5.74) is 5.41. The van der Waals surface area contributed by atoms with E-state index in [9.17, 15) is 9.59 Å². The smallest absolute Gasteiger partial charge is 0.250 e. The molecule has 0 spiro atoms. The Morgan fingerprint density at radius 2 is 1.81 bits per heavy atom. The molecule has 5 heteroatoms. The molecule has 2 N–H and O–H groups in total. The normalized spacial score (nSPS) is 17.8. The Bertz CT molecular complexity index is 658. The highest BCUT2D eigenvalue weighted by Gasteiger charge is 2.34. The fourth-order valence-electron chi connectivity index (χ4n) is 2.54. The lowest BCUT2D eigenvalue weighted by Gasteiger charge is -2.17. The van der Waals surface area contributed by atoms with Gasteiger partial charge in [0.15, 0.2) is 0 Å². The van der Waals surface area contributed by atoms with E-state index in [1.807, 2.05) is 48.5 Å². The van der Waals surface area contributed by atoms with Crippen LogP contribution in [0.4, 0.5) is 11.4 Å². The number of nitrogens with zero attached hydrogens (tertiary/aromatic N) is 1. The van der Waals surface area contributed by atoms with Crippen LogP contribution in [0.25, 0.3) is 0 Å². The van der Waals surface area contributed by atoms with E-state index in [0.717, 1.165) is 11.3 Å². The van der Waals surface area contributed by atoms with Gasteiger partial charge in [-0.3, -0.25) is 9.59 Å². The van der Waals surface area contributed by atoms with Gasteiger partial charge in [0.1, 0.15) is 0 Å². The SMILES string of the molecule is O=CNc1ccccc1C1CNN(c2ccccc2)C1=O. The number of hydrazine groups is 1. The van der Waals surface area contributed by atoms with Crippen molar-refractivity contribution < 1.29 is 9.59 Å². The summed E-state index contributed by atoms with van der Waals surface area (Å²) in [5, 5.41) is 4.21. The second-order valence-electron chi connectivity index (χ2n) is 4.77. The van der Waals surface area contributed by atoms with Gasteiger partial charge in [0.25, 0.3) is 0 Å². The summed E-state index contributed by atoms with van der Waals surface area (Å²) < 4.78 is 0. The summed E-state index contributed by atoms with van der Waals surface area (Å²) >= 11 is 0. The van der Waals surface area contributed by atoms with Crippen molar-refractivity contribution in [3.05, 3.63) is 60.2 Å². The number of hydrogen-bond donors (Lipinski definition) is 2. The van der Waals surface area contributed by atoms with E-state index in [0.29, 0.717) is 18.6 Å². The summed E-state index contributed by atoms with van der Waals surface area (Å²) in [6, 6.07) is 16.8. The monoisotopic (exact) mass is 281 g/mol. The number of carbonyl (C=O) groups excluding carboxylic acids is 2. The van der Waals surface area contributed by atoms with Crippen LogP contribution in [0, 0.1) is 0 Å². The Balaban J connectivity index is 1.89. The molecule has 106 valence electrons. The minimum atomic E-state index is -0.311. The lowest BCUT2D eigenvalue weighted by atomic mass is 9.97. The second kappa shape index (κ2) is 5.76. The molecule has 2 aromatic rings. The molecule has 2 amide bonds. The van der Waals surface area contributed by atoms with Gasteiger partial charge in [0.05, 0.1) is 11.6 Å². The first kappa shape index (κ1) is 13.3. The fraction of sp³-hybridized carbons (Fsp3) is 0.125. The number of hydrogen-bond acceptors (Lipinski definition) is 3. The van der Waals surface area contributed by atoms with Crippen molar-refractivity contribution in [2.45, 2.75) is 5.92 Å². The van der Waals surface area contributed by atoms with E-state index in [4.69, 9.17) is 0 Å². The molecule has 21 heavy (non-hydrogen) atoms. The van der Waals surface area contributed by atoms with Gasteiger partial charge in [0, 0.05) is 12.2 Å². The molecule has 0 radical (unpaired) electrons. The Morgan fingerprint density at radius 3 is 2.57 bits per heavy atom. The molecule has 1 saturated heterocycles. The van der Waals surface area contributed by atoms with Gasteiger partial charge in [0.2, 0.25) is 12.3 Å². The molecule has 0 bridgehead atoms. The van der Waals surface area contributed by atoms with Crippen LogP contribution in [0.15, 0.2) is 54.6 Å². The quantitative estimate of drug-likeness (QED) is 0.841. The fourth-order valence-corrected chi connectivity index (χ4v) is 2.54. The third-order valence-electron chi connectivity index (χ3n) is 3.54. The second-order valence-corrected chi connectivity index (χ2v) is 4.77. The minimum absolute atomic E-state index is 0.0265. The van der Waals surface area contributed by atoms with Crippen LogP contribution in [0.5, 0.6) is 0 Å². The molecule has 2 aromatic carbocycles. The van der Waals surface area contributed by atoms with Crippen LogP contribution in [0.3, 0.4) is 0 Å². The largest absolute Gasteiger partial charge is 0.328 e. The zero-order valence-corrected chi connectivity index (χ0v) is 11.3. The molecule has 0 saturated carbocycles. The van der Waals surface area contributed by atoms with Gasteiger partial charge in [-0.25, -0.2) is 10.4 Å². The molecule has 1 fully saturated rings. The number of benzene rings is 2. The lowest BCUT2D eigenvalue weighted by molar-refractivity contribution is -0.118. The van der Waals surface area contributed by atoms with Crippen LogP contribution in [0.1, 0.15) is 11.5 Å². The average molecular weight is 281 g/mol. The molecule has 0 aromatic heterocycles. The maximum atomic E-state index is 12.6. The third-order valence-corrected chi connectivity index (χ3v) is 3.54. The molecule has 1 aliphatic heterocycles. The molecule has 1 aliphatic rings. The number of nitrogens with one attached hydrogen (secondary N) is 2. The predicted octanol–water partition coefficient (Wildman–Crippen LogP) is 1.89. The average Bonchev–Trinajstić information content (AvgIpc) is 2.91. The maximum absolute atomic E-state index is 12.6. The van der Waals surface area contributed by atoms with Crippen LogP contribution in [-0.2, 0) is 9.59 Å². The number of amides is 2. The van der Waals surface area contributed by atoms with Crippen LogP contribution in [0.2, 0.25) is 0 Å².